The molecule has 0 radical (unpaired) electrons. The van der Waals surface area contributed by atoms with E-state index in [2.05, 4.69) is 0 Å². The molecule has 0 spiro atoms. The maximum absolute atomic E-state index is 11.3. The number of phenols is 1. The normalized spacial score (nSPS) is 9.94. The molecular weight excluding hydrogens is 224 g/mol. The van der Waals surface area contributed by atoms with Crippen molar-refractivity contribution >= 4 is 11.9 Å². The fourth-order valence-electron chi connectivity index (χ4n) is 1.26. The first-order valence-corrected chi connectivity index (χ1v) is 5.31. The largest absolute Gasteiger partial charge is 0.507 e. The number of carboxylic acids is 1. The van der Waals surface area contributed by atoms with Crippen LogP contribution in [0.4, 0.5) is 0 Å². The van der Waals surface area contributed by atoms with Crippen molar-refractivity contribution < 1.29 is 24.5 Å². The number of carbonyl (C=O) groups is 2. The zero-order valence-electron chi connectivity index (χ0n) is 9.47. The molecule has 0 fully saturated rings. The van der Waals surface area contributed by atoms with Crippen molar-refractivity contribution in [3.8, 4) is 11.5 Å². The summed E-state index contributed by atoms with van der Waals surface area (Å²) in [6.07, 6.45) is 1.92. The maximum Gasteiger partial charge on any atom is 0.339 e. The van der Waals surface area contributed by atoms with Crippen LogP contribution in [0.2, 0.25) is 0 Å². The Balaban J connectivity index is 2.70. The van der Waals surface area contributed by atoms with Crippen LogP contribution in [0.15, 0.2) is 18.2 Å². The highest BCUT2D eigenvalue weighted by Crippen LogP contribution is 2.23. The Morgan fingerprint density at radius 3 is 2.59 bits per heavy atom. The van der Waals surface area contributed by atoms with Crippen LogP contribution in [0, 0.1) is 0 Å². The van der Waals surface area contributed by atoms with Gasteiger partial charge < -0.3 is 14.9 Å². The lowest BCUT2D eigenvalue weighted by molar-refractivity contribution is -0.134. The summed E-state index contributed by atoms with van der Waals surface area (Å²) in [6, 6.07) is 3.65. The second-order valence-electron chi connectivity index (χ2n) is 3.56. The van der Waals surface area contributed by atoms with Crippen LogP contribution in [-0.4, -0.2) is 22.2 Å². The van der Waals surface area contributed by atoms with E-state index in [9.17, 15) is 14.7 Å². The first kappa shape index (κ1) is 13.0. The molecule has 5 nitrogen and oxygen atoms in total. The van der Waals surface area contributed by atoms with Gasteiger partial charge in [-0.25, -0.2) is 4.79 Å². The number of carboxylic acid groups (broad SMARTS) is 1. The standard InChI is InChI=1S/C12H14O5/c1-2-3-4-11(14)17-8-5-6-9(12(15)16)10(13)7-8/h5-7,13H,2-4H2,1H3,(H,15,16). The number of unbranched alkanes of at least 4 members (excludes halogenated alkanes) is 1. The lowest BCUT2D eigenvalue weighted by Crippen LogP contribution is -2.07. The van der Waals surface area contributed by atoms with Gasteiger partial charge in [-0.15, -0.1) is 0 Å². The third-order valence-corrected chi connectivity index (χ3v) is 2.17. The molecule has 0 heterocycles. The highest BCUT2D eigenvalue weighted by molar-refractivity contribution is 5.91. The van der Waals surface area contributed by atoms with Gasteiger partial charge in [0, 0.05) is 12.5 Å². The second-order valence-corrected chi connectivity index (χ2v) is 3.56. The highest BCUT2D eigenvalue weighted by Gasteiger charge is 2.11. The van der Waals surface area contributed by atoms with Crippen LogP contribution < -0.4 is 4.74 Å². The molecule has 5 heteroatoms. The molecule has 0 saturated carbocycles. The van der Waals surface area contributed by atoms with Crippen LogP contribution in [0.5, 0.6) is 11.5 Å². The molecule has 0 aromatic heterocycles. The Kier molecular flexibility index (Phi) is 4.51. The minimum absolute atomic E-state index is 0.147. The van der Waals surface area contributed by atoms with Gasteiger partial charge in [0.05, 0.1) is 0 Å². The van der Waals surface area contributed by atoms with E-state index in [0.29, 0.717) is 6.42 Å². The fraction of sp³-hybridized carbons (Fsp3) is 0.333. The summed E-state index contributed by atoms with van der Waals surface area (Å²) in [7, 11) is 0. The molecule has 17 heavy (non-hydrogen) atoms. The van der Waals surface area contributed by atoms with Crippen molar-refractivity contribution in [3.63, 3.8) is 0 Å². The molecule has 0 saturated heterocycles. The number of ether oxygens (including phenoxy) is 1. The molecule has 1 rings (SSSR count). The van der Waals surface area contributed by atoms with Crippen LogP contribution >= 0.6 is 0 Å². The highest BCUT2D eigenvalue weighted by atomic mass is 16.5. The van der Waals surface area contributed by atoms with Crippen LogP contribution in [-0.2, 0) is 4.79 Å². The zero-order valence-corrected chi connectivity index (χ0v) is 9.47. The van der Waals surface area contributed by atoms with Gasteiger partial charge in [0.15, 0.2) is 0 Å². The van der Waals surface area contributed by atoms with Crippen LogP contribution in [0.3, 0.4) is 0 Å². The molecule has 1 aromatic rings. The van der Waals surface area contributed by atoms with Gasteiger partial charge in [0.1, 0.15) is 17.1 Å². The summed E-state index contributed by atoms with van der Waals surface area (Å²) in [4.78, 5) is 21.9. The summed E-state index contributed by atoms with van der Waals surface area (Å²) in [6.45, 7) is 1.96. The van der Waals surface area contributed by atoms with Crippen molar-refractivity contribution in [1.29, 1.82) is 0 Å². The van der Waals surface area contributed by atoms with Crippen molar-refractivity contribution in [2.45, 2.75) is 26.2 Å². The van der Waals surface area contributed by atoms with Crippen LogP contribution in [0.25, 0.3) is 0 Å². The molecule has 0 aliphatic carbocycles. The van der Waals surface area contributed by atoms with Gasteiger partial charge in [-0.1, -0.05) is 13.3 Å². The topological polar surface area (TPSA) is 83.8 Å². The maximum atomic E-state index is 11.3. The van der Waals surface area contributed by atoms with Crippen molar-refractivity contribution in [1.82, 2.24) is 0 Å². The molecule has 2 N–H and O–H groups in total. The Morgan fingerprint density at radius 1 is 1.35 bits per heavy atom. The number of rotatable bonds is 5. The van der Waals surface area contributed by atoms with E-state index in [1.54, 1.807) is 0 Å². The molecule has 92 valence electrons. The summed E-state index contributed by atoms with van der Waals surface area (Å²) >= 11 is 0. The van der Waals surface area contributed by atoms with Gasteiger partial charge >= 0.3 is 11.9 Å². The van der Waals surface area contributed by atoms with Crippen molar-refractivity contribution in [2.75, 3.05) is 0 Å². The lowest BCUT2D eigenvalue weighted by atomic mass is 10.2. The number of hydrogen-bond donors (Lipinski definition) is 2. The summed E-state index contributed by atoms with van der Waals surface area (Å²) < 4.78 is 4.94. The van der Waals surface area contributed by atoms with Gasteiger partial charge in [0.25, 0.3) is 0 Å². The lowest BCUT2D eigenvalue weighted by Gasteiger charge is -2.05. The monoisotopic (exact) mass is 238 g/mol. The Bertz CT molecular complexity index is 425. The first-order chi connectivity index (χ1) is 8.04. The second kappa shape index (κ2) is 5.89. The van der Waals surface area contributed by atoms with E-state index >= 15 is 0 Å². The third-order valence-electron chi connectivity index (χ3n) is 2.17. The number of hydrogen-bond acceptors (Lipinski definition) is 4. The third kappa shape index (κ3) is 3.79. The van der Waals surface area contributed by atoms with E-state index in [1.165, 1.54) is 12.1 Å². The smallest absolute Gasteiger partial charge is 0.339 e. The number of aromatic carboxylic acids is 1. The predicted molar refractivity (Wildman–Crippen MR) is 60.2 cm³/mol. The molecule has 0 aliphatic rings. The average molecular weight is 238 g/mol. The quantitative estimate of drug-likeness (QED) is 0.606. The first-order valence-electron chi connectivity index (χ1n) is 5.31. The zero-order chi connectivity index (χ0) is 12.8. The van der Waals surface area contributed by atoms with Gasteiger partial charge in [-0.05, 0) is 18.6 Å². The van der Waals surface area contributed by atoms with E-state index < -0.39 is 17.7 Å². The van der Waals surface area contributed by atoms with Crippen molar-refractivity contribution in [3.05, 3.63) is 23.8 Å². The summed E-state index contributed by atoms with van der Waals surface area (Å²) in [5, 5.41) is 18.1. The van der Waals surface area contributed by atoms with Crippen LogP contribution in [0.1, 0.15) is 36.5 Å². The fourth-order valence-corrected chi connectivity index (χ4v) is 1.26. The molecule has 0 amide bonds. The van der Waals surface area contributed by atoms with Crippen molar-refractivity contribution in [2.24, 2.45) is 0 Å². The minimum atomic E-state index is -1.23. The molecule has 0 atom stereocenters. The van der Waals surface area contributed by atoms with Gasteiger partial charge in [0.2, 0.25) is 0 Å². The van der Waals surface area contributed by atoms with E-state index in [4.69, 9.17) is 9.84 Å². The number of aromatic hydroxyl groups is 1. The molecule has 0 aliphatic heterocycles. The number of esters is 1. The van der Waals surface area contributed by atoms with Gasteiger partial charge in [-0.2, -0.15) is 0 Å². The number of benzene rings is 1. The SMILES string of the molecule is CCCCC(=O)Oc1ccc(C(=O)O)c(O)c1. The van der Waals surface area contributed by atoms with E-state index in [-0.39, 0.29) is 11.3 Å². The predicted octanol–water partition coefficient (Wildman–Crippen LogP) is 2.19. The Morgan fingerprint density at radius 2 is 2.06 bits per heavy atom. The number of carbonyl (C=O) groups excluding carboxylic acids is 1. The van der Waals surface area contributed by atoms with Gasteiger partial charge in [-0.3, -0.25) is 4.79 Å². The average Bonchev–Trinajstić information content (AvgIpc) is 2.26. The van der Waals surface area contributed by atoms with E-state index in [1.807, 2.05) is 6.92 Å². The molecule has 1 aromatic carbocycles. The molecule has 0 bridgehead atoms. The molecule has 0 unspecified atom stereocenters. The Hall–Kier alpha value is -2.04. The Labute approximate surface area is 98.6 Å². The minimum Gasteiger partial charge on any atom is -0.507 e. The summed E-state index contributed by atoms with van der Waals surface area (Å²) in [5.74, 6) is -1.90. The summed E-state index contributed by atoms with van der Waals surface area (Å²) in [5.41, 5.74) is -0.224. The molecular formula is C12H14O5. The van der Waals surface area contributed by atoms with E-state index in [0.717, 1.165) is 18.9 Å².